The summed E-state index contributed by atoms with van der Waals surface area (Å²) < 4.78 is 5.97. The van der Waals surface area contributed by atoms with E-state index in [2.05, 4.69) is 28.7 Å². The van der Waals surface area contributed by atoms with Crippen LogP contribution < -0.4 is 0 Å². The zero-order chi connectivity index (χ0) is 14.2. The van der Waals surface area contributed by atoms with Crippen LogP contribution in [0.4, 0.5) is 0 Å². The highest BCUT2D eigenvalue weighted by atomic mass is 32.1. The number of nitrogens with zero attached hydrogens (tertiary/aromatic N) is 2. The summed E-state index contributed by atoms with van der Waals surface area (Å²) in [5.41, 5.74) is 1.27. The Morgan fingerprint density at radius 2 is 2.20 bits per heavy atom. The lowest BCUT2D eigenvalue weighted by atomic mass is 9.83. The van der Waals surface area contributed by atoms with Crippen molar-refractivity contribution in [2.24, 2.45) is 0 Å². The molecule has 0 N–H and O–H groups in total. The van der Waals surface area contributed by atoms with Crippen LogP contribution in [0.1, 0.15) is 25.3 Å². The number of ether oxygens (including phenoxy) is 1. The normalized spacial score (nSPS) is 27.2. The average Bonchev–Trinajstić information content (AvgIpc) is 2.96. The van der Waals surface area contributed by atoms with Crippen molar-refractivity contribution in [2.75, 3.05) is 26.7 Å². The van der Waals surface area contributed by atoms with Crippen molar-refractivity contribution in [1.29, 1.82) is 0 Å². The lowest BCUT2D eigenvalue weighted by Gasteiger charge is -2.50. The molecule has 0 aliphatic carbocycles. The minimum absolute atomic E-state index is 0.101. The first-order chi connectivity index (χ1) is 9.61. The summed E-state index contributed by atoms with van der Waals surface area (Å²) in [6.45, 7) is 5.48. The molecule has 2 aliphatic rings. The van der Waals surface area contributed by atoms with E-state index in [4.69, 9.17) is 4.74 Å². The first-order valence-electron chi connectivity index (χ1n) is 7.24. The Bertz CT molecular complexity index is 466. The van der Waals surface area contributed by atoms with Crippen molar-refractivity contribution in [1.82, 2.24) is 9.80 Å². The zero-order valence-electron chi connectivity index (χ0n) is 12.2. The molecule has 4 nitrogen and oxygen atoms in total. The Hall–Kier alpha value is -0.910. The number of amides is 1. The number of piperidine rings is 1. The van der Waals surface area contributed by atoms with Crippen LogP contribution in [0.2, 0.25) is 0 Å². The van der Waals surface area contributed by atoms with E-state index in [1.165, 1.54) is 5.56 Å². The van der Waals surface area contributed by atoms with Crippen LogP contribution in [0.5, 0.6) is 0 Å². The molecule has 20 heavy (non-hydrogen) atoms. The fourth-order valence-corrected chi connectivity index (χ4v) is 3.95. The standard InChI is InChI=1S/C15H22N2O2S/c1-12-15(19-10-14(18)16(12)2)4-6-17(7-5-15)9-13-3-8-20-11-13/h3,8,11-12H,4-7,9-10H2,1-2H3/t12-/m1/s1. The summed E-state index contributed by atoms with van der Waals surface area (Å²) in [4.78, 5) is 16.0. The summed E-state index contributed by atoms with van der Waals surface area (Å²) in [6, 6.07) is 2.37. The van der Waals surface area contributed by atoms with E-state index in [0.29, 0.717) is 0 Å². The highest BCUT2D eigenvalue weighted by Gasteiger charge is 2.46. The molecule has 2 aliphatic heterocycles. The molecule has 1 spiro atoms. The van der Waals surface area contributed by atoms with Crippen molar-refractivity contribution < 1.29 is 9.53 Å². The van der Waals surface area contributed by atoms with E-state index in [-0.39, 0.29) is 24.2 Å². The molecule has 5 heteroatoms. The Balaban J connectivity index is 1.61. The van der Waals surface area contributed by atoms with Crippen molar-refractivity contribution in [2.45, 2.75) is 38.0 Å². The lowest BCUT2D eigenvalue weighted by Crippen LogP contribution is -2.62. The number of carbonyl (C=O) groups is 1. The Morgan fingerprint density at radius 3 is 2.85 bits per heavy atom. The number of thiophene rings is 1. The Labute approximate surface area is 124 Å². The molecule has 1 atom stereocenters. The van der Waals surface area contributed by atoms with E-state index in [1.54, 1.807) is 11.3 Å². The maximum atomic E-state index is 11.7. The van der Waals surface area contributed by atoms with Crippen molar-refractivity contribution in [3.05, 3.63) is 22.4 Å². The number of likely N-dealkylation sites (N-methyl/N-ethyl adjacent to an activating group) is 1. The molecule has 110 valence electrons. The Kier molecular flexibility index (Phi) is 3.84. The summed E-state index contributed by atoms with van der Waals surface area (Å²) in [6.07, 6.45) is 2.02. The van der Waals surface area contributed by atoms with Gasteiger partial charge in [0.25, 0.3) is 0 Å². The molecule has 0 unspecified atom stereocenters. The van der Waals surface area contributed by atoms with Crippen LogP contribution in [-0.2, 0) is 16.1 Å². The van der Waals surface area contributed by atoms with E-state index >= 15 is 0 Å². The maximum absolute atomic E-state index is 11.7. The predicted molar refractivity (Wildman–Crippen MR) is 79.7 cm³/mol. The third-order valence-electron chi connectivity index (χ3n) is 4.91. The number of hydrogen-bond donors (Lipinski definition) is 0. The van der Waals surface area contributed by atoms with E-state index < -0.39 is 0 Å². The van der Waals surface area contributed by atoms with Gasteiger partial charge in [0.05, 0.1) is 11.6 Å². The molecule has 1 aromatic heterocycles. The highest BCUT2D eigenvalue weighted by molar-refractivity contribution is 7.07. The molecule has 3 heterocycles. The largest absolute Gasteiger partial charge is 0.363 e. The SMILES string of the molecule is C[C@H]1N(C)C(=O)COC12CCN(Cc1ccsc1)CC2. The smallest absolute Gasteiger partial charge is 0.248 e. The van der Waals surface area contributed by atoms with Crippen LogP contribution >= 0.6 is 11.3 Å². The molecule has 2 saturated heterocycles. The van der Waals surface area contributed by atoms with E-state index in [0.717, 1.165) is 32.5 Å². The topological polar surface area (TPSA) is 32.8 Å². The van der Waals surface area contributed by atoms with E-state index in [9.17, 15) is 4.79 Å². The lowest BCUT2D eigenvalue weighted by molar-refractivity contribution is -0.183. The van der Waals surface area contributed by atoms with Crippen LogP contribution in [0, 0.1) is 0 Å². The Morgan fingerprint density at radius 1 is 1.45 bits per heavy atom. The summed E-state index contributed by atoms with van der Waals surface area (Å²) >= 11 is 1.76. The van der Waals surface area contributed by atoms with Crippen LogP contribution in [-0.4, -0.2) is 54.1 Å². The fourth-order valence-electron chi connectivity index (χ4n) is 3.29. The van der Waals surface area contributed by atoms with Gasteiger partial charge in [-0.2, -0.15) is 11.3 Å². The molecule has 0 saturated carbocycles. The number of likely N-dealkylation sites (tertiary alicyclic amines) is 1. The molecule has 1 amide bonds. The van der Waals surface area contributed by atoms with Crippen molar-refractivity contribution in [3.63, 3.8) is 0 Å². The second kappa shape index (κ2) is 5.47. The predicted octanol–water partition coefficient (Wildman–Crippen LogP) is 1.96. The van der Waals surface area contributed by atoms with Gasteiger partial charge in [-0.3, -0.25) is 9.69 Å². The second-order valence-corrected chi connectivity index (χ2v) is 6.72. The maximum Gasteiger partial charge on any atom is 0.248 e. The van der Waals surface area contributed by atoms with Gasteiger partial charge >= 0.3 is 0 Å². The van der Waals surface area contributed by atoms with Crippen LogP contribution in [0.15, 0.2) is 16.8 Å². The van der Waals surface area contributed by atoms with Crippen molar-refractivity contribution >= 4 is 17.2 Å². The second-order valence-electron chi connectivity index (χ2n) is 5.94. The van der Waals surface area contributed by atoms with Crippen LogP contribution in [0.3, 0.4) is 0 Å². The minimum Gasteiger partial charge on any atom is -0.363 e. The van der Waals surface area contributed by atoms with Gasteiger partial charge in [-0.05, 0) is 42.2 Å². The van der Waals surface area contributed by atoms with Gasteiger partial charge in [0.1, 0.15) is 6.61 Å². The van der Waals surface area contributed by atoms with Crippen molar-refractivity contribution in [3.8, 4) is 0 Å². The molecule has 1 aromatic rings. The first-order valence-corrected chi connectivity index (χ1v) is 8.18. The third kappa shape index (κ3) is 2.50. The number of morpholine rings is 1. The van der Waals surface area contributed by atoms with Gasteiger partial charge in [0.2, 0.25) is 5.91 Å². The molecule has 0 aromatic carbocycles. The number of rotatable bonds is 2. The summed E-state index contributed by atoms with van der Waals surface area (Å²) in [5, 5.41) is 4.35. The number of carbonyl (C=O) groups excluding carboxylic acids is 1. The van der Waals surface area contributed by atoms with Gasteiger partial charge < -0.3 is 9.64 Å². The first kappa shape index (κ1) is 14.0. The number of hydrogen-bond acceptors (Lipinski definition) is 4. The average molecular weight is 294 g/mol. The van der Waals surface area contributed by atoms with E-state index in [1.807, 2.05) is 11.9 Å². The highest BCUT2D eigenvalue weighted by Crippen LogP contribution is 2.35. The molecule has 0 radical (unpaired) electrons. The van der Waals surface area contributed by atoms with Gasteiger partial charge in [-0.25, -0.2) is 0 Å². The third-order valence-corrected chi connectivity index (χ3v) is 5.64. The molecular formula is C15H22N2O2S. The summed E-state index contributed by atoms with van der Waals surface area (Å²) in [7, 11) is 1.90. The van der Waals surface area contributed by atoms with Gasteiger partial charge in [-0.1, -0.05) is 0 Å². The zero-order valence-corrected chi connectivity index (χ0v) is 13.0. The van der Waals surface area contributed by atoms with Gasteiger partial charge in [-0.15, -0.1) is 0 Å². The van der Waals surface area contributed by atoms with Gasteiger partial charge in [0.15, 0.2) is 0 Å². The summed E-state index contributed by atoms with van der Waals surface area (Å²) in [5.74, 6) is 0.101. The van der Waals surface area contributed by atoms with Crippen LogP contribution in [0.25, 0.3) is 0 Å². The molecular weight excluding hydrogens is 272 g/mol. The quantitative estimate of drug-likeness (QED) is 0.836. The molecule has 0 bridgehead atoms. The fraction of sp³-hybridized carbons (Fsp3) is 0.667. The van der Waals surface area contributed by atoms with Gasteiger partial charge in [0, 0.05) is 26.7 Å². The minimum atomic E-state index is -0.131. The molecule has 3 rings (SSSR count). The molecule has 2 fully saturated rings. The monoisotopic (exact) mass is 294 g/mol.